The van der Waals surface area contributed by atoms with Gasteiger partial charge in [0.2, 0.25) is 0 Å². The molecule has 0 aliphatic carbocycles. The van der Waals surface area contributed by atoms with Crippen LogP contribution in [-0.2, 0) is 9.59 Å². The van der Waals surface area contributed by atoms with E-state index in [-0.39, 0.29) is 0 Å². The van der Waals surface area contributed by atoms with Crippen LogP contribution in [0, 0.1) is 0 Å². The Bertz CT molecular complexity index is 549. The number of hydrogen-bond donors (Lipinski definition) is 3. The van der Waals surface area contributed by atoms with E-state index in [0.717, 1.165) is 38.3 Å². The Morgan fingerprint density at radius 1 is 1.25 bits per heavy atom. The summed E-state index contributed by atoms with van der Waals surface area (Å²) in [6.07, 6.45) is 3.38. The number of hydrogen-bond acceptors (Lipinski definition) is 6. The first-order valence-corrected chi connectivity index (χ1v) is 7.87. The lowest BCUT2D eigenvalue weighted by Gasteiger charge is -2.28. The molecule has 1 saturated heterocycles. The summed E-state index contributed by atoms with van der Waals surface area (Å²) in [5.74, 6) is -1.58. The third-order valence-electron chi connectivity index (χ3n) is 3.24. The molecule has 8 nitrogen and oxygen atoms in total. The van der Waals surface area contributed by atoms with Crippen molar-refractivity contribution in [2.24, 2.45) is 0 Å². The van der Waals surface area contributed by atoms with Crippen LogP contribution in [0.3, 0.4) is 0 Å². The number of anilines is 1. The zero-order valence-electron chi connectivity index (χ0n) is 13.4. The van der Waals surface area contributed by atoms with Crippen LogP contribution in [0.25, 0.3) is 0 Å². The molecule has 2 heterocycles. The summed E-state index contributed by atoms with van der Waals surface area (Å²) in [6.45, 7) is 5.33. The van der Waals surface area contributed by atoms with Gasteiger partial charge in [-0.2, -0.15) is 0 Å². The van der Waals surface area contributed by atoms with E-state index in [4.69, 9.17) is 21.8 Å². The molecule has 24 heavy (non-hydrogen) atoms. The van der Waals surface area contributed by atoms with Crippen molar-refractivity contribution in [3.63, 3.8) is 0 Å². The van der Waals surface area contributed by atoms with Crippen LogP contribution in [0.2, 0.25) is 5.15 Å². The molecule has 0 bridgehead atoms. The molecule has 1 atom stereocenters. The fourth-order valence-electron chi connectivity index (χ4n) is 2.03. The number of carbonyl (C=O) groups is 2. The Balaban J connectivity index is 0.000000307. The molecule has 0 saturated carbocycles. The second-order valence-electron chi connectivity index (χ2n) is 5.21. The maximum absolute atomic E-state index is 9.55. The summed E-state index contributed by atoms with van der Waals surface area (Å²) in [6, 6.07) is 4.31. The molecule has 9 heteroatoms. The highest BCUT2D eigenvalue weighted by Gasteiger charge is 2.13. The zero-order chi connectivity index (χ0) is 17.9. The second kappa shape index (κ2) is 10.6. The van der Waals surface area contributed by atoms with Gasteiger partial charge < -0.3 is 20.4 Å². The van der Waals surface area contributed by atoms with E-state index in [1.165, 1.54) is 0 Å². The normalized spacial score (nSPS) is 18.2. The molecule has 132 valence electrons. The Labute approximate surface area is 145 Å². The van der Waals surface area contributed by atoms with E-state index >= 15 is 0 Å². The molecule has 0 aromatic carbocycles. The first kappa shape index (κ1) is 19.9. The first-order valence-electron chi connectivity index (χ1n) is 7.50. The van der Waals surface area contributed by atoms with Gasteiger partial charge in [0.15, 0.2) is 11.0 Å². The number of aliphatic carboxylic acids is 2. The lowest BCUT2D eigenvalue weighted by molar-refractivity contribution is -0.134. The molecule has 1 aromatic rings. The third-order valence-corrected chi connectivity index (χ3v) is 3.44. The molecule has 0 amide bonds. The minimum atomic E-state index is -1.26. The topological polar surface area (TPSA) is 116 Å². The number of aromatic nitrogens is 2. The van der Waals surface area contributed by atoms with Gasteiger partial charge in [-0.25, -0.2) is 9.59 Å². The van der Waals surface area contributed by atoms with Crippen molar-refractivity contribution in [2.75, 3.05) is 24.5 Å². The third kappa shape index (κ3) is 8.44. The van der Waals surface area contributed by atoms with Crippen molar-refractivity contribution in [2.45, 2.75) is 25.8 Å². The highest BCUT2D eigenvalue weighted by Crippen LogP contribution is 2.14. The van der Waals surface area contributed by atoms with Crippen LogP contribution in [0.4, 0.5) is 5.82 Å². The predicted octanol–water partition coefficient (Wildman–Crippen LogP) is 1.42. The summed E-state index contributed by atoms with van der Waals surface area (Å²) >= 11 is 5.73. The monoisotopic (exact) mass is 356 g/mol. The van der Waals surface area contributed by atoms with Crippen LogP contribution in [-0.4, -0.2) is 58.0 Å². The van der Waals surface area contributed by atoms with Crippen molar-refractivity contribution < 1.29 is 19.8 Å². The lowest BCUT2D eigenvalue weighted by Crippen LogP contribution is -2.38. The van der Waals surface area contributed by atoms with Gasteiger partial charge in [-0.3, -0.25) is 0 Å². The number of carboxylic acid groups (broad SMARTS) is 2. The molecule has 1 aliphatic rings. The van der Waals surface area contributed by atoms with E-state index in [1.54, 1.807) is 6.07 Å². The Hall–Kier alpha value is -2.19. The van der Waals surface area contributed by atoms with E-state index < -0.39 is 11.9 Å². The van der Waals surface area contributed by atoms with Gasteiger partial charge in [0.25, 0.3) is 0 Å². The highest BCUT2D eigenvalue weighted by molar-refractivity contribution is 6.29. The average molecular weight is 357 g/mol. The molecular weight excluding hydrogens is 336 g/mol. The summed E-state index contributed by atoms with van der Waals surface area (Å²) in [7, 11) is 0. The molecule has 1 fully saturated rings. The molecule has 2 rings (SSSR count). The van der Waals surface area contributed by atoms with Crippen LogP contribution in [0.5, 0.6) is 0 Å². The van der Waals surface area contributed by atoms with E-state index in [1.807, 2.05) is 6.07 Å². The summed E-state index contributed by atoms with van der Waals surface area (Å²) < 4.78 is 0. The number of rotatable bonds is 3. The van der Waals surface area contributed by atoms with Crippen LogP contribution >= 0.6 is 11.6 Å². The highest BCUT2D eigenvalue weighted by atomic mass is 35.5. The fraction of sp³-hybridized carbons (Fsp3) is 0.467. The molecular formula is C15H21ClN4O4. The Morgan fingerprint density at radius 2 is 1.92 bits per heavy atom. The van der Waals surface area contributed by atoms with Crippen molar-refractivity contribution >= 4 is 29.4 Å². The van der Waals surface area contributed by atoms with E-state index in [0.29, 0.717) is 23.3 Å². The van der Waals surface area contributed by atoms with Crippen LogP contribution < -0.4 is 10.2 Å². The standard InChI is InChI=1S/C11H17ClN4.C4H4O4/c1-9-5-8-16(7-2-6-13-9)11-4-3-10(12)14-15-11;5-3(6)1-2-4(7)8/h3-4,9,13H,2,5-8H2,1H3;1-2H,(H,5,6)(H,7,8)/b;2-1+. The molecule has 1 aromatic heterocycles. The lowest BCUT2D eigenvalue weighted by atomic mass is 10.2. The fourth-order valence-corrected chi connectivity index (χ4v) is 2.13. The molecule has 1 unspecified atom stereocenters. The summed E-state index contributed by atoms with van der Waals surface area (Å²) in [5.41, 5.74) is 0. The van der Waals surface area contributed by atoms with Gasteiger partial charge in [-0.05, 0) is 38.4 Å². The SMILES string of the molecule is CC1CCN(c2ccc(Cl)nn2)CCCN1.O=C(O)/C=C/C(=O)O. The van der Waals surface area contributed by atoms with Gasteiger partial charge in [0, 0.05) is 31.3 Å². The predicted molar refractivity (Wildman–Crippen MR) is 90.4 cm³/mol. The maximum Gasteiger partial charge on any atom is 0.328 e. The smallest absolute Gasteiger partial charge is 0.328 e. The van der Waals surface area contributed by atoms with Gasteiger partial charge in [0.1, 0.15) is 0 Å². The van der Waals surface area contributed by atoms with Gasteiger partial charge in [-0.1, -0.05) is 11.6 Å². The average Bonchev–Trinajstić information content (AvgIpc) is 2.51. The Morgan fingerprint density at radius 3 is 2.46 bits per heavy atom. The zero-order valence-corrected chi connectivity index (χ0v) is 14.1. The van der Waals surface area contributed by atoms with E-state index in [2.05, 4.69) is 27.3 Å². The summed E-state index contributed by atoms with van der Waals surface area (Å²) in [5, 5.41) is 27.6. The minimum absolute atomic E-state index is 0.450. The first-order chi connectivity index (χ1) is 11.4. The summed E-state index contributed by atoms with van der Waals surface area (Å²) in [4.78, 5) is 21.4. The Kier molecular flexibility index (Phi) is 8.74. The van der Waals surface area contributed by atoms with Crippen molar-refractivity contribution in [1.82, 2.24) is 15.5 Å². The molecule has 0 spiro atoms. The number of carboxylic acids is 2. The van der Waals surface area contributed by atoms with E-state index in [9.17, 15) is 9.59 Å². The number of nitrogens with zero attached hydrogens (tertiary/aromatic N) is 3. The van der Waals surface area contributed by atoms with Crippen LogP contribution in [0.15, 0.2) is 24.3 Å². The van der Waals surface area contributed by atoms with Crippen LogP contribution in [0.1, 0.15) is 19.8 Å². The quantitative estimate of drug-likeness (QED) is 0.696. The molecule has 1 aliphatic heterocycles. The minimum Gasteiger partial charge on any atom is -0.478 e. The molecule has 0 radical (unpaired) electrons. The van der Waals surface area contributed by atoms with Crippen molar-refractivity contribution in [3.8, 4) is 0 Å². The van der Waals surface area contributed by atoms with Gasteiger partial charge in [-0.15, -0.1) is 10.2 Å². The maximum atomic E-state index is 9.55. The number of nitrogens with one attached hydrogen (secondary N) is 1. The number of halogens is 1. The second-order valence-corrected chi connectivity index (χ2v) is 5.60. The van der Waals surface area contributed by atoms with Crippen molar-refractivity contribution in [1.29, 1.82) is 0 Å². The van der Waals surface area contributed by atoms with Gasteiger partial charge in [0.05, 0.1) is 0 Å². The molecule has 3 N–H and O–H groups in total. The largest absolute Gasteiger partial charge is 0.478 e. The van der Waals surface area contributed by atoms with Gasteiger partial charge >= 0.3 is 11.9 Å². The van der Waals surface area contributed by atoms with Crippen molar-refractivity contribution in [3.05, 3.63) is 29.4 Å².